The third-order valence-corrected chi connectivity index (χ3v) is 13.7. The van der Waals surface area contributed by atoms with Gasteiger partial charge in [0.15, 0.2) is 11.6 Å². The molecule has 0 spiro atoms. The Labute approximate surface area is 398 Å². The largest absolute Gasteiger partial charge is 0.310 e. The predicted molar refractivity (Wildman–Crippen MR) is 284 cm³/mol. The van der Waals surface area contributed by atoms with Crippen LogP contribution in [0.5, 0.6) is 0 Å². The lowest BCUT2D eigenvalue weighted by molar-refractivity contribution is 0.600. The van der Waals surface area contributed by atoms with Crippen LogP contribution in [0.15, 0.2) is 212 Å². The number of hydrogen-bond acceptors (Lipinski definition) is 5. The van der Waals surface area contributed by atoms with Gasteiger partial charge in [-0.15, -0.1) is 0 Å². The highest BCUT2D eigenvalue weighted by molar-refractivity contribution is 6.12. The van der Waals surface area contributed by atoms with Crippen LogP contribution in [0.3, 0.4) is 0 Å². The first-order valence-electron chi connectivity index (χ1n) is 23.5. The lowest BCUT2D eigenvalue weighted by Crippen LogP contribution is -2.14. The van der Waals surface area contributed by atoms with Crippen LogP contribution in [0, 0.1) is 33.6 Å². The zero-order valence-corrected chi connectivity index (χ0v) is 39.0. The fourth-order valence-corrected chi connectivity index (χ4v) is 10.1. The Balaban J connectivity index is 1.15. The molecule has 0 saturated carbocycles. The summed E-state index contributed by atoms with van der Waals surface area (Å²) in [5.74, 6) is 2.47. The molecule has 6 nitrogen and oxygen atoms in total. The zero-order chi connectivity index (χ0) is 46.3. The molecule has 0 fully saturated rings. The molecule has 0 amide bonds. The van der Waals surface area contributed by atoms with Crippen molar-refractivity contribution in [2.75, 3.05) is 9.80 Å². The molecule has 0 radical (unpaired) electrons. The van der Waals surface area contributed by atoms with Crippen molar-refractivity contribution < 1.29 is 0 Å². The normalized spacial score (nSPS) is 14.4. The molecule has 8 aromatic carbocycles. The van der Waals surface area contributed by atoms with Crippen LogP contribution in [0.4, 0.5) is 34.1 Å². The maximum absolute atomic E-state index is 5.33. The van der Waals surface area contributed by atoms with E-state index in [0.717, 1.165) is 84.0 Å². The molecule has 0 saturated heterocycles. The minimum absolute atomic E-state index is 0.0399. The number of nitrogens with zero attached hydrogens (tertiary/aromatic N) is 6. The third kappa shape index (κ3) is 7.54. The molecule has 2 heterocycles. The van der Waals surface area contributed by atoms with Crippen LogP contribution in [0.1, 0.15) is 40.9 Å². The number of para-hydroxylation sites is 4. The molecule has 0 aliphatic heterocycles. The zero-order valence-electron chi connectivity index (χ0n) is 39.0. The van der Waals surface area contributed by atoms with Gasteiger partial charge in [0.1, 0.15) is 5.82 Å². The SMILES string of the molecule is Cc1c(C)c(-n2c3ccc(N(c4ccccc4)c4ccccc4)cc3c3cc(N(c4ccccc4)c4ccccc4)ccc32)c(C)c(C)c1-c1nc(-c2ccccc2)nc(C2C=CC=C[C@H]2C)n1. The highest BCUT2D eigenvalue weighted by Crippen LogP contribution is 2.45. The summed E-state index contributed by atoms with van der Waals surface area (Å²) in [6.45, 7) is 11.2. The topological polar surface area (TPSA) is 50.1 Å². The first kappa shape index (κ1) is 42.3. The highest BCUT2D eigenvalue weighted by Gasteiger charge is 2.27. The summed E-state index contributed by atoms with van der Waals surface area (Å²) < 4.78 is 2.49. The van der Waals surface area contributed by atoms with E-state index in [9.17, 15) is 0 Å². The van der Waals surface area contributed by atoms with Crippen molar-refractivity contribution in [1.29, 1.82) is 0 Å². The summed E-state index contributed by atoms with van der Waals surface area (Å²) in [6.07, 6.45) is 8.67. The molecule has 0 bridgehead atoms. The first-order chi connectivity index (χ1) is 33.3. The van der Waals surface area contributed by atoms with Crippen molar-refractivity contribution in [2.45, 2.75) is 40.5 Å². The number of allylic oxidation sites excluding steroid dienone is 4. The van der Waals surface area contributed by atoms with E-state index in [2.05, 4.69) is 243 Å². The maximum atomic E-state index is 5.33. The lowest BCUT2D eigenvalue weighted by Gasteiger charge is -2.26. The summed E-state index contributed by atoms with van der Waals surface area (Å²) in [6, 6.07) is 66.8. The Bertz CT molecular complexity index is 3260. The van der Waals surface area contributed by atoms with E-state index < -0.39 is 0 Å². The number of hydrogen-bond donors (Lipinski definition) is 0. The molecular formula is C62H52N6. The number of rotatable bonds is 10. The van der Waals surface area contributed by atoms with Gasteiger partial charge in [-0.25, -0.2) is 15.0 Å². The van der Waals surface area contributed by atoms with E-state index >= 15 is 0 Å². The van der Waals surface area contributed by atoms with Crippen molar-refractivity contribution in [3.05, 3.63) is 240 Å². The van der Waals surface area contributed by atoms with Gasteiger partial charge in [0.2, 0.25) is 0 Å². The molecule has 330 valence electrons. The minimum Gasteiger partial charge on any atom is -0.310 e. The van der Waals surface area contributed by atoms with E-state index in [4.69, 9.17) is 15.0 Å². The molecule has 1 aliphatic rings. The lowest BCUT2D eigenvalue weighted by atomic mass is 9.88. The van der Waals surface area contributed by atoms with Crippen LogP contribution < -0.4 is 9.80 Å². The summed E-state index contributed by atoms with van der Waals surface area (Å²) in [7, 11) is 0. The van der Waals surface area contributed by atoms with Crippen LogP contribution in [-0.4, -0.2) is 19.5 Å². The summed E-state index contributed by atoms with van der Waals surface area (Å²) >= 11 is 0. The first-order valence-corrected chi connectivity index (χ1v) is 23.5. The molecule has 68 heavy (non-hydrogen) atoms. The van der Waals surface area contributed by atoms with Gasteiger partial charge < -0.3 is 14.4 Å². The molecule has 2 atom stereocenters. The van der Waals surface area contributed by atoms with Gasteiger partial charge in [-0.3, -0.25) is 0 Å². The summed E-state index contributed by atoms with van der Waals surface area (Å²) in [5, 5.41) is 2.32. The monoisotopic (exact) mass is 880 g/mol. The van der Waals surface area contributed by atoms with Crippen molar-refractivity contribution >= 4 is 55.9 Å². The fourth-order valence-electron chi connectivity index (χ4n) is 10.1. The second kappa shape index (κ2) is 17.8. The van der Waals surface area contributed by atoms with E-state index in [0.29, 0.717) is 11.6 Å². The number of aromatic nitrogens is 4. The van der Waals surface area contributed by atoms with E-state index in [-0.39, 0.29) is 11.8 Å². The third-order valence-electron chi connectivity index (χ3n) is 13.7. The molecule has 10 aromatic rings. The van der Waals surface area contributed by atoms with Gasteiger partial charge in [0.05, 0.1) is 16.7 Å². The van der Waals surface area contributed by atoms with Crippen LogP contribution in [0.2, 0.25) is 0 Å². The summed E-state index contributed by atoms with van der Waals surface area (Å²) in [5.41, 5.74) is 16.6. The second-order valence-electron chi connectivity index (χ2n) is 17.8. The van der Waals surface area contributed by atoms with E-state index in [1.165, 1.54) is 16.8 Å². The Morgan fingerprint density at radius 1 is 0.412 bits per heavy atom. The Morgan fingerprint density at radius 3 is 1.26 bits per heavy atom. The van der Waals surface area contributed by atoms with Gasteiger partial charge in [0, 0.05) is 61.9 Å². The molecule has 2 aromatic heterocycles. The fraction of sp³-hybridized carbons (Fsp3) is 0.113. The molecular weight excluding hydrogens is 829 g/mol. The van der Waals surface area contributed by atoms with Crippen molar-refractivity contribution in [3.63, 3.8) is 0 Å². The van der Waals surface area contributed by atoms with Gasteiger partial charge >= 0.3 is 0 Å². The van der Waals surface area contributed by atoms with Gasteiger partial charge in [0.25, 0.3) is 0 Å². The molecule has 1 aliphatic carbocycles. The van der Waals surface area contributed by atoms with Gasteiger partial charge in [-0.2, -0.15) is 0 Å². The van der Waals surface area contributed by atoms with E-state index in [1.54, 1.807) is 0 Å². The van der Waals surface area contributed by atoms with Crippen molar-refractivity contribution in [1.82, 2.24) is 19.5 Å². The smallest absolute Gasteiger partial charge is 0.164 e. The molecule has 1 unspecified atom stereocenters. The highest BCUT2D eigenvalue weighted by atomic mass is 15.2. The molecule has 11 rings (SSSR count). The minimum atomic E-state index is 0.0399. The Hall–Kier alpha value is -8.35. The standard InChI is InChI=1S/C62H52N6/c1-41-23-21-22-34-53(41)61-63-60(46-24-11-6-12-25-46)64-62(65-61)58-42(2)44(4)59(45(5)43(58)3)68-56-37-35-51(66(47-26-13-7-14-27-47)48-28-15-8-16-29-48)39-54(56)55-40-52(36-38-57(55)68)67(49-30-17-9-18-31-49)50-32-19-10-20-33-50/h6-41,53H,1-5H3/t41-,53?/m1/s1. The van der Waals surface area contributed by atoms with Crippen LogP contribution in [-0.2, 0) is 0 Å². The second-order valence-corrected chi connectivity index (χ2v) is 17.8. The molecule has 6 heteroatoms. The van der Waals surface area contributed by atoms with Crippen LogP contribution in [0.25, 0.3) is 50.3 Å². The Morgan fingerprint density at radius 2 is 0.824 bits per heavy atom. The van der Waals surface area contributed by atoms with Gasteiger partial charge in [-0.05, 0) is 141 Å². The average molecular weight is 881 g/mol. The quantitative estimate of drug-likeness (QED) is 0.137. The number of fused-ring (bicyclic) bond motifs is 3. The predicted octanol–water partition coefficient (Wildman–Crippen LogP) is 16.3. The molecule has 0 N–H and O–H groups in total. The van der Waals surface area contributed by atoms with Crippen molar-refractivity contribution in [2.24, 2.45) is 5.92 Å². The van der Waals surface area contributed by atoms with Gasteiger partial charge in [-0.1, -0.05) is 134 Å². The maximum Gasteiger partial charge on any atom is 0.164 e. The number of benzene rings is 8. The van der Waals surface area contributed by atoms with E-state index in [1.807, 2.05) is 18.2 Å². The number of anilines is 6. The van der Waals surface area contributed by atoms with Crippen LogP contribution >= 0.6 is 0 Å². The Kier molecular flexibility index (Phi) is 11.1. The van der Waals surface area contributed by atoms with Crippen molar-refractivity contribution in [3.8, 4) is 28.5 Å². The average Bonchev–Trinajstić information content (AvgIpc) is 3.70. The summed E-state index contributed by atoms with van der Waals surface area (Å²) in [4.78, 5) is 20.4.